The van der Waals surface area contributed by atoms with Crippen molar-refractivity contribution in [3.05, 3.63) is 29.3 Å². The van der Waals surface area contributed by atoms with Crippen molar-refractivity contribution in [3.63, 3.8) is 0 Å². The second kappa shape index (κ2) is 7.93. The van der Waals surface area contributed by atoms with E-state index in [1.165, 1.54) is 0 Å². The lowest BCUT2D eigenvalue weighted by molar-refractivity contribution is -0.117. The van der Waals surface area contributed by atoms with Crippen LogP contribution < -0.4 is 5.32 Å². The van der Waals surface area contributed by atoms with Crippen LogP contribution in [0.4, 0.5) is 5.69 Å². The summed E-state index contributed by atoms with van der Waals surface area (Å²) in [5.74, 6) is 0.642. The van der Waals surface area contributed by atoms with Gasteiger partial charge in [-0.25, -0.2) is 0 Å². The average molecular weight is 320 g/mol. The van der Waals surface area contributed by atoms with E-state index in [0.29, 0.717) is 18.4 Å². The number of para-hydroxylation sites is 1. The minimum atomic E-state index is -0.812. The molecule has 1 rings (SSSR count). The summed E-state index contributed by atoms with van der Waals surface area (Å²) in [5, 5.41) is 12.9. The Bertz CT molecular complexity index is 504. The molecule has 4 heteroatoms. The molecule has 0 spiro atoms. The van der Waals surface area contributed by atoms with Gasteiger partial charge in [-0.1, -0.05) is 45.9 Å². The van der Waals surface area contributed by atoms with Gasteiger partial charge in [-0.2, -0.15) is 0 Å². The van der Waals surface area contributed by atoms with Gasteiger partial charge in [0, 0.05) is 12.2 Å². The molecule has 130 valence electrons. The second-order valence-electron chi connectivity index (χ2n) is 7.65. The van der Waals surface area contributed by atoms with Gasteiger partial charge in [-0.05, 0) is 43.9 Å². The lowest BCUT2D eigenvalue weighted by atomic mass is 9.92. The Morgan fingerprint density at radius 1 is 1.17 bits per heavy atom. The minimum Gasteiger partial charge on any atom is -0.389 e. The Hall–Kier alpha value is -1.39. The number of aliphatic hydroxyl groups is 1. The summed E-state index contributed by atoms with van der Waals surface area (Å²) in [6.07, 6.45) is 0. The van der Waals surface area contributed by atoms with Crippen molar-refractivity contribution in [1.82, 2.24) is 4.90 Å². The summed E-state index contributed by atoms with van der Waals surface area (Å²) in [4.78, 5) is 14.3. The standard InChI is InChI=1S/C19H32N2O2/c1-13(2)15-9-8-10-16(14(3)4)18(15)20-17(22)11-21(7)12-19(5,6)23/h8-10,13-14,23H,11-12H2,1-7H3,(H,20,22). The number of carbonyl (C=O) groups excluding carboxylic acids is 1. The third-order valence-corrected chi connectivity index (χ3v) is 3.71. The average Bonchev–Trinajstić information content (AvgIpc) is 2.35. The summed E-state index contributed by atoms with van der Waals surface area (Å²) < 4.78 is 0. The molecule has 0 aliphatic heterocycles. The maximum absolute atomic E-state index is 12.4. The van der Waals surface area contributed by atoms with Crippen molar-refractivity contribution >= 4 is 11.6 Å². The van der Waals surface area contributed by atoms with Crippen LogP contribution in [0.15, 0.2) is 18.2 Å². The molecule has 0 unspecified atom stereocenters. The van der Waals surface area contributed by atoms with E-state index in [2.05, 4.69) is 51.2 Å². The second-order valence-corrected chi connectivity index (χ2v) is 7.65. The lowest BCUT2D eigenvalue weighted by Crippen LogP contribution is -2.40. The summed E-state index contributed by atoms with van der Waals surface area (Å²) in [7, 11) is 1.84. The number of rotatable bonds is 7. The van der Waals surface area contributed by atoms with Gasteiger partial charge >= 0.3 is 0 Å². The number of benzene rings is 1. The minimum absolute atomic E-state index is 0.0493. The molecule has 0 aliphatic carbocycles. The largest absolute Gasteiger partial charge is 0.389 e. The molecule has 2 N–H and O–H groups in total. The van der Waals surface area contributed by atoms with E-state index in [4.69, 9.17) is 0 Å². The third kappa shape index (κ3) is 6.32. The number of amides is 1. The van der Waals surface area contributed by atoms with Crippen LogP contribution in [0.5, 0.6) is 0 Å². The van der Waals surface area contributed by atoms with Crippen LogP contribution in [0.2, 0.25) is 0 Å². The highest BCUT2D eigenvalue weighted by Gasteiger charge is 2.19. The number of carbonyl (C=O) groups is 1. The molecule has 1 aromatic carbocycles. The predicted molar refractivity (Wildman–Crippen MR) is 97.0 cm³/mol. The fraction of sp³-hybridized carbons (Fsp3) is 0.632. The first-order chi connectivity index (χ1) is 10.5. The molecule has 0 bridgehead atoms. The zero-order chi connectivity index (χ0) is 17.8. The molecule has 0 radical (unpaired) electrons. The number of hydrogen-bond donors (Lipinski definition) is 2. The van der Waals surface area contributed by atoms with Crippen LogP contribution in [-0.4, -0.2) is 41.7 Å². The lowest BCUT2D eigenvalue weighted by Gasteiger charge is -2.26. The first-order valence-electron chi connectivity index (χ1n) is 8.35. The van der Waals surface area contributed by atoms with Crippen LogP contribution in [0.1, 0.15) is 64.5 Å². The SMILES string of the molecule is CC(C)c1cccc(C(C)C)c1NC(=O)CN(C)CC(C)(C)O. The van der Waals surface area contributed by atoms with Crippen LogP contribution in [-0.2, 0) is 4.79 Å². The van der Waals surface area contributed by atoms with Crippen molar-refractivity contribution in [2.45, 2.75) is 59.0 Å². The van der Waals surface area contributed by atoms with Gasteiger partial charge in [0.25, 0.3) is 0 Å². The van der Waals surface area contributed by atoms with Crippen LogP contribution in [0.3, 0.4) is 0 Å². The van der Waals surface area contributed by atoms with Crippen molar-refractivity contribution in [2.75, 3.05) is 25.5 Å². The number of anilines is 1. The molecular formula is C19H32N2O2. The highest BCUT2D eigenvalue weighted by atomic mass is 16.3. The molecule has 23 heavy (non-hydrogen) atoms. The molecule has 0 aromatic heterocycles. The van der Waals surface area contributed by atoms with Crippen LogP contribution in [0.25, 0.3) is 0 Å². The topological polar surface area (TPSA) is 52.6 Å². The molecule has 1 aromatic rings. The molecule has 0 heterocycles. The van der Waals surface area contributed by atoms with Gasteiger partial charge < -0.3 is 10.4 Å². The maximum atomic E-state index is 12.4. The van der Waals surface area contributed by atoms with Crippen molar-refractivity contribution in [1.29, 1.82) is 0 Å². The first-order valence-corrected chi connectivity index (χ1v) is 8.35. The van der Waals surface area contributed by atoms with E-state index < -0.39 is 5.60 Å². The van der Waals surface area contributed by atoms with Crippen molar-refractivity contribution in [2.24, 2.45) is 0 Å². The molecular weight excluding hydrogens is 288 g/mol. The van der Waals surface area contributed by atoms with E-state index in [-0.39, 0.29) is 12.5 Å². The third-order valence-electron chi connectivity index (χ3n) is 3.71. The summed E-state index contributed by atoms with van der Waals surface area (Å²) >= 11 is 0. The van der Waals surface area contributed by atoms with Crippen molar-refractivity contribution in [3.8, 4) is 0 Å². The summed E-state index contributed by atoms with van der Waals surface area (Å²) in [6, 6.07) is 6.21. The molecule has 0 atom stereocenters. The Balaban J connectivity index is 2.93. The van der Waals surface area contributed by atoms with Gasteiger partial charge in [0.1, 0.15) is 0 Å². The molecule has 4 nitrogen and oxygen atoms in total. The Morgan fingerprint density at radius 3 is 2.04 bits per heavy atom. The van der Waals surface area contributed by atoms with E-state index >= 15 is 0 Å². The van der Waals surface area contributed by atoms with E-state index in [0.717, 1.165) is 16.8 Å². The molecule has 1 amide bonds. The molecule has 0 aliphatic rings. The number of hydrogen-bond acceptors (Lipinski definition) is 3. The molecule has 0 saturated heterocycles. The van der Waals surface area contributed by atoms with Gasteiger partial charge in [-0.15, -0.1) is 0 Å². The van der Waals surface area contributed by atoms with Crippen molar-refractivity contribution < 1.29 is 9.90 Å². The quantitative estimate of drug-likeness (QED) is 0.807. The summed E-state index contributed by atoms with van der Waals surface area (Å²) in [5.41, 5.74) is 2.46. The van der Waals surface area contributed by atoms with Crippen LogP contribution in [0, 0.1) is 0 Å². The fourth-order valence-corrected chi connectivity index (χ4v) is 2.84. The maximum Gasteiger partial charge on any atom is 0.238 e. The number of nitrogens with zero attached hydrogens (tertiary/aromatic N) is 1. The summed E-state index contributed by atoms with van der Waals surface area (Å²) in [6.45, 7) is 12.7. The van der Waals surface area contributed by atoms with Crippen LogP contribution >= 0.6 is 0 Å². The van der Waals surface area contributed by atoms with E-state index in [1.807, 2.05) is 11.9 Å². The Kier molecular flexibility index (Phi) is 6.78. The Labute approximate surface area is 140 Å². The normalized spacial score (nSPS) is 12.3. The molecule has 0 saturated carbocycles. The van der Waals surface area contributed by atoms with E-state index in [9.17, 15) is 9.90 Å². The number of likely N-dealkylation sites (N-methyl/N-ethyl adjacent to an activating group) is 1. The van der Waals surface area contributed by atoms with Gasteiger partial charge in [0.15, 0.2) is 0 Å². The zero-order valence-corrected chi connectivity index (χ0v) is 15.6. The highest BCUT2D eigenvalue weighted by molar-refractivity contribution is 5.94. The monoisotopic (exact) mass is 320 g/mol. The Morgan fingerprint density at radius 2 is 1.65 bits per heavy atom. The van der Waals surface area contributed by atoms with Gasteiger partial charge in [-0.3, -0.25) is 9.69 Å². The highest BCUT2D eigenvalue weighted by Crippen LogP contribution is 2.32. The zero-order valence-electron chi connectivity index (χ0n) is 15.6. The smallest absolute Gasteiger partial charge is 0.238 e. The first kappa shape index (κ1) is 19.7. The molecule has 0 fully saturated rings. The van der Waals surface area contributed by atoms with E-state index in [1.54, 1.807) is 13.8 Å². The predicted octanol–water partition coefficient (Wildman–Crippen LogP) is 3.57. The fourth-order valence-electron chi connectivity index (χ4n) is 2.84. The van der Waals surface area contributed by atoms with Gasteiger partial charge in [0.05, 0.1) is 12.1 Å². The van der Waals surface area contributed by atoms with Gasteiger partial charge in [0.2, 0.25) is 5.91 Å². The number of nitrogens with one attached hydrogen (secondary N) is 1.